The molecule has 9 heteroatoms. The number of benzene rings is 2. The number of ketones is 5. The molecule has 0 saturated carbocycles. The van der Waals surface area contributed by atoms with Crippen LogP contribution in [-0.2, 0) is 44.9 Å². The topological polar surface area (TPSA) is 123 Å². The van der Waals surface area contributed by atoms with Gasteiger partial charge in [0.15, 0.2) is 17.3 Å². The molecule has 45 heavy (non-hydrogen) atoms. The lowest BCUT2D eigenvalue weighted by atomic mass is 10.1. The molecule has 7 nitrogen and oxygen atoms in total. The van der Waals surface area contributed by atoms with Crippen LogP contribution in [0.5, 0.6) is 0 Å². The third-order valence-electron chi connectivity index (χ3n) is 6.15. The van der Waals surface area contributed by atoms with Gasteiger partial charge in [-0.3, -0.25) is 24.0 Å². The zero-order valence-electron chi connectivity index (χ0n) is 25.0. The molecule has 2 aromatic carbocycles. The summed E-state index contributed by atoms with van der Waals surface area (Å²) in [5.41, 5.74) is 2.48. The number of hydrogen-bond acceptors (Lipinski definition) is 8. The van der Waals surface area contributed by atoms with Gasteiger partial charge >= 0.3 is 5.97 Å². The molecule has 0 amide bonds. The van der Waals surface area contributed by atoms with Crippen LogP contribution in [0.25, 0.3) is 0 Å². The summed E-state index contributed by atoms with van der Waals surface area (Å²) in [5.74, 6) is -4.53. The summed E-state index contributed by atoms with van der Waals surface area (Å²) in [6.45, 7) is 5.19. The first-order valence-electron chi connectivity index (χ1n) is 14.2. The summed E-state index contributed by atoms with van der Waals surface area (Å²) in [7, 11) is 0. The maximum atomic E-state index is 11.9. The van der Waals surface area contributed by atoms with Gasteiger partial charge in [0.2, 0.25) is 11.6 Å². The van der Waals surface area contributed by atoms with E-state index >= 15 is 0 Å². The lowest BCUT2D eigenvalue weighted by Gasteiger charge is -1.98. The molecule has 238 valence electrons. The first-order valence-corrected chi connectivity index (χ1v) is 15.9. The predicted octanol–water partition coefficient (Wildman–Crippen LogP) is 7.69. The molecule has 2 heterocycles. The van der Waals surface area contributed by atoms with Crippen LogP contribution in [0.15, 0.2) is 84.9 Å². The van der Waals surface area contributed by atoms with E-state index in [2.05, 4.69) is 12.1 Å². The van der Waals surface area contributed by atoms with Gasteiger partial charge in [-0.1, -0.05) is 81.9 Å². The molecule has 4 rings (SSSR count). The molecule has 0 atom stereocenters. The average molecular weight is 649 g/mol. The van der Waals surface area contributed by atoms with Crippen molar-refractivity contribution in [3.05, 3.63) is 116 Å². The van der Waals surface area contributed by atoms with Crippen molar-refractivity contribution < 1.29 is 33.9 Å². The smallest absolute Gasteiger partial charge is 0.372 e. The summed E-state index contributed by atoms with van der Waals surface area (Å²) in [6, 6.07) is 27.3. The maximum absolute atomic E-state index is 11.9. The Balaban J connectivity index is 0.000000418. The van der Waals surface area contributed by atoms with E-state index in [0.29, 0.717) is 9.75 Å². The largest absolute Gasteiger partial charge is 0.475 e. The summed E-state index contributed by atoms with van der Waals surface area (Å²) < 4.78 is 0. The molecular formula is C36H40O7S2. The Morgan fingerprint density at radius 1 is 0.556 bits per heavy atom. The predicted molar refractivity (Wildman–Crippen MR) is 181 cm³/mol. The minimum absolute atomic E-state index is 0. The Morgan fingerprint density at radius 2 is 0.933 bits per heavy atom. The highest BCUT2D eigenvalue weighted by Gasteiger charge is 2.19. The van der Waals surface area contributed by atoms with Gasteiger partial charge in [-0.25, -0.2) is 4.79 Å². The Morgan fingerprint density at radius 3 is 1.29 bits per heavy atom. The summed E-state index contributed by atoms with van der Waals surface area (Å²) >= 11 is 2.72. The van der Waals surface area contributed by atoms with Crippen molar-refractivity contribution >= 4 is 57.6 Å². The van der Waals surface area contributed by atoms with E-state index in [9.17, 15) is 28.8 Å². The molecule has 0 aliphatic rings. The van der Waals surface area contributed by atoms with Gasteiger partial charge in [0, 0.05) is 16.7 Å². The lowest BCUT2D eigenvalue weighted by Crippen LogP contribution is -2.16. The van der Waals surface area contributed by atoms with Gasteiger partial charge in [0.05, 0.1) is 22.6 Å². The van der Waals surface area contributed by atoms with Crippen LogP contribution < -0.4 is 0 Å². The van der Waals surface area contributed by atoms with E-state index in [1.54, 1.807) is 12.1 Å². The van der Waals surface area contributed by atoms with Crippen LogP contribution in [0, 0.1) is 0 Å². The highest BCUT2D eigenvalue weighted by atomic mass is 32.1. The number of thiophene rings is 2. The van der Waals surface area contributed by atoms with Crippen molar-refractivity contribution in [2.75, 3.05) is 0 Å². The summed E-state index contributed by atoms with van der Waals surface area (Å²) in [6.07, 6.45) is 2.57. The van der Waals surface area contributed by atoms with E-state index in [-0.39, 0.29) is 19.6 Å². The van der Waals surface area contributed by atoms with Crippen LogP contribution in [0.3, 0.4) is 0 Å². The second-order valence-electron chi connectivity index (χ2n) is 9.41. The molecule has 2 aromatic heterocycles. The van der Waals surface area contributed by atoms with Gasteiger partial charge in [-0.2, -0.15) is 0 Å². The number of carbonyl (C=O) groups is 6. The van der Waals surface area contributed by atoms with Crippen LogP contribution >= 0.6 is 22.7 Å². The number of rotatable bonds is 14. The van der Waals surface area contributed by atoms with Crippen molar-refractivity contribution in [2.24, 2.45) is 0 Å². The Bertz CT molecular complexity index is 1430. The molecule has 0 unspecified atom stereocenters. The minimum Gasteiger partial charge on any atom is -0.475 e. The fourth-order valence-corrected chi connectivity index (χ4v) is 5.70. The zero-order valence-corrected chi connectivity index (χ0v) is 26.7. The fourth-order valence-electron chi connectivity index (χ4n) is 3.81. The Labute approximate surface area is 273 Å². The van der Waals surface area contributed by atoms with Crippen molar-refractivity contribution in [3.8, 4) is 0 Å². The van der Waals surface area contributed by atoms with Crippen LogP contribution in [0.1, 0.15) is 81.3 Å². The Kier molecular flexibility index (Phi) is 17.7. The SMILES string of the molecule is C.CC.CC(=O)C(=O)CC(=O)c1ccc(CCc2ccccc2)s1.O=C(O)C(=O)CC(=O)c1ccc(CCc2ccccc2)s1. The van der Waals surface area contributed by atoms with Gasteiger partial charge < -0.3 is 5.11 Å². The maximum Gasteiger partial charge on any atom is 0.372 e. The van der Waals surface area contributed by atoms with Crippen molar-refractivity contribution in [1.29, 1.82) is 0 Å². The molecule has 0 saturated heterocycles. The molecule has 0 aliphatic carbocycles. The zero-order chi connectivity index (χ0) is 32.5. The molecule has 4 aromatic rings. The Hall–Kier alpha value is -4.34. The van der Waals surface area contributed by atoms with E-state index < -0.39 is 35.5 Å². The average Bonchev–Trinajstić information content (AvgIpc) is 3.72. The summed E-state index contributed by atoms with van der Waals surface area (Å²) in [5, 5.41) is 8.49. The minimum atomic E-state index is -1.57. The highest BCUT2D eigenvalue weighted by Crippen LogP contribution is 2.21. The number of aryl methyl sites for hydroxylation is 4. The monoisotopic (exact) mass is 648 g/mol. The number of carboxylic acid groups (broad SMARTS) is 1. The number of carbonyl (C=O) groups excluding carboxylic acids is 5. The van der Waals surface area contributed by atoms with Crippen molar-refractivity contribution in [2.45, 2.75) is 66.7 Å². The molecule has 0 bridgehead atoms. The van der Waals surface area contributed by atoms with Gasteiger partial charge in [-0.05, 0) is 61.1 Å². The second kappa shape index (κ2) is 20.6. The van der Waals surface area contributed by atoms with E-state index in [1.807, 2.05) is 74.5 Å². The fraction of sp³-hybridized carbons (Fsp3) is 0.278. The molecule has 0 radical (unpaired) electrons. The number of hydrogen-bond donors (Lipinski definition) is 1. The van der Waals surface area contributed by atoms with Crippen LogP contribution in [0.4, 0.5) is 0 Å². The third kappa shape index (κ3) is 13.9. The molecular weight excluding hydrogens is 609 g/mol. The molecule has 0 spiro atoms. The number of Topliss-reactive ketones (excluding diaryl/α,β-unsaturated/α-hetero) is 5. The number of aliphatic carboxylic acids is 1. The van der Waals surface area contributed by atoms with Crippen LogP contribution in [0.2, 0.25) is 0 Å². The van der Waals surface area contributed by atoms with E-state index in [0.717, 1.165) is 35.4 Å². The number of carboxylic acids is 1. The van der Waals surface area contributed by atoms with Crippen LogP contribution in [-0.4, -0.2) is 40.0 Å². The quantitative estimate of drug-likeness (QED) is 0.0845. The first-order chi connectivity index (χ1) is 21.1. The normalized spacial score (nSPS) is 9.76. The van der Waals surface area contributed by atoms with Crippen molar-refractivity contribution in [1.82, 2.24) is 0 Å². The van der Waals surface area contributed by atoms with Gasteiger partial charge in [0.1, 0.15) is 0 Å². The van der Waals surface area contributed by atoms with Gasteiger partial charge in [-0.15, -0.1) is 22.7 Å². The molecule has 0 fully saturated rings. The second-order valence-corrected chi connectivity index (χ2v) is 11.7. The standard InChI is InChI=1S/C17H16O3S.C16H14O4S.C2H6.CH4/c1-12(18)15(19)11-16(20)17-10-9-14(21-17)8-7-13-5-3-2-4-6-13;17-13(10-14(18)16(19)20)15-9-8-12(21-15)7-6-11-4-2-1-3-5-11;1-2;/h2-6,9-10H,7-8,11H2,1H3;1-5,8-9H,6-7,10H2,(H,19,20);1-2H3;1H4. The summed E-state index contributed by atoms with van der Waals surface area (Å²) in [4.78, 5) is 70.4. The third-order valence-corrected chi connectivity index (χ3v) is 8.52. The van der Waals surface area contributed by atoms with E-state index in [4.69, 9.17) is 5.11 Å². The highest BCUT2D eigenvalue weighted by molar-refractivity contribution is 7.14. The van der Waals surface area contributed by atoms with Gasteiger partial charge in [0.25, 0.3) is 0 Å². The van der Waals surface area contributed by atoms with E-state index in [1.165, 1.54) is 40.7 Å². The first kappa shape index (κ1) is 38.7. The molecule has 0 aliphatic heterocycles. The van der Waals surface area contributed by atoms with Crippen molar-refractivity contribution in [3.63, 3.8) is 0 Å². The lowest BCUT2D eigenvalue weighted by molar-refractivity contribution is -0.148. The molecule has 1 N–H and O–H groups in total.